The van der Waals surface area contributed by atoms with Crippen molar-refractivity contribution in [2.75, 3.05) is 4.90 Å². The molecular formula is C23H18BrClF3N3OS. The van der Waals surface area contributed by atoms with Crippen molar-refractivity contribution in [2.45, 2.75) is 38.8 Å². The van der Waals surface area contributed by atoms with Gasteiger partial charge in [-0.3, -0.25) is 15.1 Å². The lowest BCUT2D eigenvalue weighted by molar-refractivity contribution is -0.137. The minimum absolute atomic E-state index is 0.00411. The molecule has 0 bridgehead atoms. The van der Waals surface area contributed by atoms with E-state index in [2.05, 4.69) is 22.0 Å². The second-order valence-electron chi connectivity index (χ2n) is 8.91. The van der Waals surface area contributed by atoms with Crippen molar-refractivity contribution in [1.29, 1.82) is 10.7 Å². The Kier molecular flexibility index (Phi) is 6.00. The molecule has 4 rings (SSSR count). The highest BCUT2D eigenvalue weighted by Gasteiger charge is 2.49. The van der Waals surface area contributed by atoms with Crippen molar-refractivity contribution in [3.8, 4) is 6.07 Å². The predicted molar refractivity (Wildman–Crippen MR) is 126 cm³/mol. The van der Waals surface area contributed by atoms with Gasteiger partial charge < -0.3 is 0 Å². The predicted octanol–water partition coefficient (Wildman–Crippen LogP) is 7.55. The zero-order chi connectivity index (χ0) is 24.3. The number of ketones is 1. The van der Waals surface area contributed by atoms with Crippen LogP contribution >= 0.6 is 38.9 Å². The Morgan fingerprint density at radius 2 is 1.97 bits per heavy atom. The number of halogens is 5. The number of benzene rings is 1. The first-order chi connectivity index (χ1) is 15.3. The molecule has 0 spiro atoms. The van der Waals surface area contributed by atoms with E-state index in [1.54, 1.807) is 0 Å². The Labute approximate surface area is 206 Å². The van der Waals surface area contributed by atoms with Crippen molar-refractivity contribution >= 4 is 56.2 Å². The second-order valence-corrected chi connectivity index (χ2v) is 11.8. The Hall–Kier alpha value is -2.15. The van der Waals surface area contributed by atoms with Crippen molar-refractivity contribution in [3.63, 3.8) is 0 Å². The minimum atomic E-state index is -4.61. The molecule has 2 atom stereocenters. The van der Waals surface area contributed by atoms with Crippen LogP contribution in [0.1, 0.15) is 43.0 Å². The summed E-state index contributed by atoms with van der Waals surface area (Å²) in [5.41, 5.74) is -0.636. The number of nitriles is 1. The molecule has 1 N–H and O–H groups in total. The van der Waals surface area contributed by atoms with Crippen LogP contribution in [0.2, 0.25) is 5.02 Å². The molecule has 33 heavy (non-hydrogen) atoms. The van der Waals surface area contributed by atoms with Gasteiger partial charge in [0.05, 0.1) is 26.1 Å². The van der Waals surface area contributed by atoms with Crippen LogP contribution in [0.4, 0.5) is 18.9 Å². The minimum Gasteiger partial charge on any atom is -0.300 e. The monoisotopic (exact) mass is 555 g/mol. The molecule has 0 fully saturated rings. The third-order valence-corrected chi connectivity index (χ3v) is 7.93. The fraction of sp³-hybridized carbons (Fsp3) is 0.348. The molecule has 1 aliphatic heterocycles. The molecule has 2 aromatic rings. The molecule has 2 heterocycles. The first-order valence-corrected chi connectivity index (χ1v) is 12.0. The van der Waals surface area contributed by atoms with Crippen LogP contribution in [-0.2, 0) is 11.0 Å². The maximum atomic E-state index is 13.5. The molecule has 172 valence electrons. The van der Waals surface area contributed by atoms with Gasteiger partial charge in [0.1, 0.15) is 11.8 Å². The van der Waals surface area contributed by atoms with E-state index in [4.69, 9.17) is 17.0 Å². The molecule has 10 heteroatoms. The summed E-state index contributed by atoms with van der Waals surface area (Å²) >= 11 is 11.1. The number of amidine groups is 1. The number of Topliss-reactive ketones (excluding diaryl/α,β-unsaturated/α-hetero) is 1. The average molecular weight is 557 g/mol. The summed E-state index contributed by atoms with van der Waals surface area (Å²) in [6, 6.07) is 8.63. The number of alkyl halides is 3. The molecular weight excluding hydrogens is 539 g/mol. The Bertz CT molecular complexity index is 1240. The van der Waals surface area contributed by atoms with Gasteiger partial charge in [-0.1, -0.05) is 25.4 Å². The smallest absolute Gasteiger partial charge is 0.300 e. The molecule has 1 aromatic carbocycles. The summed E-state index contributed by atoms with van der Waals surface area (Å²) in [6.07, 6.45) is -4.02. The van der Waals surface area contributed by atoms with Crippen molar-refractivity contribution in [3.05, 3.63) is 60.9 Å². The van der Waals surface area contributed by atoms with Gasteiger partial charge in [0.25, 0.3) is 0 Å². The first-order valence-electron chi connectivity index (χ1n) is 10.0. The second kappa shape index (κ2) is 8.26. The van der Waals surface area contributed by atoms with E-state index in [0.717, 1.165) is 26.9 Å². The lowest BCUT2D eigenvalue weighted by atomic mass is 9.67. The largest absolute Gasteiger partial charge is 0.416 e. The summed E-state index contributed by atoms with van der Waals surface area (Å²) < 4.78 is 41.2. The van der Waals surface area contributed by atoms with Crippen LogP contribution in [-0.4, -0.2) is 11.6 Å². The van der Waals surface area contributed by atoms with E-state index in [1.807, 2.05) is 26.0 Å². The maximum Gasteiger partial charge on any atom is 0.416 e. The summed E-state index contributed by atoms with van der Waals surface area (Å²) in [5, 5.41) is 18.9. The topological polar surface area (TPSA) is 68.0 Å². The van der Waals surface area contributed by atoms with Crippen molar-refractivity contribution < 1.29 is 18.0 Å². The van der Waals surface area contributed by atoms with Gasteiger partial charge in [-0.25, -0.2) is 0 Å². The van der Waals surface area contributed by atoms with Crippen molar-refractivity contribution in [2.24, 2.45) is 11.3 Å². The van der Waals surface area contributed by atoms with Gasteiger partial charge in [0.2, 0.25) is 0 Å². The maximum absolute atomic E-state index is 13.5. The van der Waals surface area contributed by atoms with Gasteiger partial charge in [0, 0.05) is 28.5 Å². The zero-order valence-electron chi connectivity index (χ0n) is 17.6. The van der Waals surface area contributed by atoms with Crippen LogP contribution in [0, 0.1) is 28.1 Å². The number of allylic oxidation sites excluding steroid dienone is 2. The summed E-state index contributed by atoms with van der Waals surface area (Å²) in [5.74, 6) is -2.10. The quantitative estimate of drug-likeness (QED) is 0.415. The lowest BCUT2D eigenvalue weighted by Crippen LogP contribution is -2.48. The molecule has 2 aliphatic rings. The molecule has 0 radical (unpaired) electrons. The summed E-state index contributed by atoms with van der Waals surface area (Å²) in [4.78, 5) is 15.4. The number of rotatable bonds is 2. The number of hydrogen-bond acceptors (Lipinski definition) is 4. The van der Waals surface area contributed by atoms with E-state index in [-0.39, 0.29) is 28.7 Å². The van der Waals surface area contributed by atoms with Gasteiger partial charge >= 0.3 is 6.18 Å². The molecule has 1 aromatic heterocycles. The van der Waals surface area contributed by atoms with E-state index < -0.39 is 29.0 Å². The third kappa shape index (κ3) is 4.25. The van der Waals surface area contributed by atoms with Crippen LogP contribution in [0.3, 0.4) is 0 Å². The molecule has 1 aliphatic carbocycles. The normalized spacial score (nSPS) is 22.9. The van der Waals surface area contributed by atoms with E-state index in [9.17, 15) is 23.2 Å². The van der Waals surface area contributed by atoms with E-state index in [1.165, 1.54) is 16.2 Å². The highest BCUT2D eigenvalue weighted by molar-refractivity contribution is 9.11. The fourth-order valence-electron chi connectivity index (χ4n) is 4.54. The van der Waals surface area contributed by atoms with Crippen LogP contribution in [0.15, 0.2) is 45.4 Å². The van der Waals surface area contributed by atoms with Crippen LogP contribution in [0.5, 0.6) is 0 Å². The van der Waals surface area contributed by atoms with Gasteiger partial charge in [-0.2, -0.15) is 18.4 Å². The number of carbonyl (C=O) groups excluding carboxylic acids is 1. The number of hydrogen-bond donors (Lipinski definition) is 1. The molecule has 4 nitrogen and oxygen atoms in total. The fourth-order valence-corrected chi connectivity index (χ4v) is 6.31. The molecule has 0 saturated heterocycles. The van der Waals surface area contributed by atoms with Crippen LogP contribution < -0.4 is 4.90 Å². The van der Waals surface area contributed by atoms with Gasteiger partial charge in [-0.05, 0) is 58.1 Å². The summed E-state index contributed by atoms with van der Waals surface area (Å²) in [7, 11) is 0. The third-order valence-electron chi connectivity index (χ3n) is 5.90. The number of nitrogens with zero attached hydrogens (tertiary/aromatic N) is 2. The Morgan fingerprint density at radius 1 is 1.27 bits per heavy atom. The van der Waals surface area contributed by atoms with E-state index in [0.29, 0.717) is 17.7 Å². The highest BCUT2D eigenvalue weighted by atomic mass is 79.9. The molecule has 2 unspecified atom stereocenters. The van der Waals surface area contributed by atoms with Gasteiger partial charge in [0.15, 0.2) is 5.78 Å². The first kappa shape index (κ1) is 24.0. The Balaban J connectivity index is 2.01. The standard InChI is InChI=1S/C23H18BrClF3N3OS/c1-22(2)8-15-20(16(32)9-22)19(17-5-6-18(24)33-17)12(10-29)21(30)31(15)14-7-11(23(26,27)28)3-4-13(14)25/h3-7,12,19,30H,8-9H2,1-2H3. The van der Waals surface area contributed by atoms with Gasteiger partial charge in [-0.15, -0.1) is 11.3 Å². The number of anilines is 1. The number of nitrogens with one attached hydrogen (secondary N) is 1. The summed E-state index contributed by atoms with van der Waals surface area (Å²) in [6.45, 7) is 3.80. The van der Waals surface area contributed by atoms with E-state index >= 15 is 0 Å². The highest BCUT2D eigenvalue weighted by Crippen LogP contribution is 2.52. The molecule has 0 amide bonds. The molecule has 0 saturated carbocycles. The van der Waals surface area contributed by atoms with Crippen LogP contribution in [0.25, 0.3) is 0 Å². The average Bonchev–Trinajstić information content (AvgIpc) is 3.12. The SMILES string of the molecule is CC1(C)CC(=O)C2=C(C1)N(c1cc(C(F)(F)F)ccc1Cl)C(=N)C(C#N)C2c1ccc(Br)s1. The number of thiophene rings is 1. The lowest BCUT2D eigenvalue weighted by Gasteiger charge is -2.45. The zero-order valence-corrected chi connectivity index (χ0v) is 20.7. The number of carbonyl (C=O) groups is 1. The van der Waals surface area contributed by atoms with Crippen molar-refractivity contribution in [1.82, 2.24) is 0 Å². The Morgan fingerprint density at radius 3 is 2.55 bits per heavy atom.